The molecule has 2 amide bonds. The lowest BCUT2D eigenvalue weighted by Crippen LogP contribution is -2.38. The number of furan rings is 1. The molecule has 18 heavy (non-hydrogen) atoms. The molecular weight excluding hydrogens is 236 g/mol. The zero-order chi connectivity index (χ0) is 13.4. The van der Waals surface area contributed by atoms with Crippen molar-refractivity contribution >= 4 is 11.8 Å². The molecule has 0 aromatic carbocycles. The second kappa shape index (κ2) is 7.50. The fourth-order valence-corrected chi connectivity index (χ4v) is 1.29. The van der Waals surface area contributed by atoms with Crippen molar-refractivity contribution in [2.24, 2.45) is 0 Å². The SMILES string of the molecule is CCc1ccc(C(=O)NCC(=O)NCCOC)o1. The molecule has 0 atom stereocenters. The van der Waals surface area contributed by atoms with Gasteiger partial charge in [0.05, 0.1) is 13.2 Å². The van der Waals surface area contributed by atoms with Crippen LogP contribution in [0.5, 0.6) is 0 Å². The fourth-order valence-electron chi connectivity index (χ4n) is 1.29. The molecule has 0 unspecified atom stereocenters. The highest BCUT2D eigenvalue weighted by Crippen LogP contribution is 2.07. The van der Waals surface area contributed by atoms with E-state index in [1.165, 1.54) is 0 Å². The number of carbonyl (C=O) groups excluding carboxylic acids is 2. The van der Waals surface area contributed by atoms with Gasteiger partial charge in [-0.1, -0.05) is 6.92 Å². The molecule has 1 aromatic rings. The molecular formula is C12H18N2O4. The molecule has 0 fully saturated rings. The Morgan fingerprint density at radius 1 is 1.33 bits per heavy atom. The first-order chi connectivity index (χ1) is 8.67. The Kier molecular flexibility index (Phi) is 5.93. The summed E-state index contributed by atoms with van der Waals surface area (Å²) in [5, 5.41) is 5.08. The van der Waals surface area contributed by atoms with Crippen molar-refractivity contribution in [2.75, 3.05) is 26.8 Å². The first-order valence-electron chi connectivity index (χ1n) is 5.80. The number of aryl methyl sites for hydroxylation is 1. The second-order valence-electron chi connectivity index (χ2n) is 3.64. The molecule has 0 saturated carbocycles. The number of nitrogens with one attached hydrogen (secondary N) is 2. The van der Waals surface area contributed by atoms with Crippen LogP contribution in [0.15, 0.2) is 16.5 Å². The van der Waals surface area contributed by atoms with Gasteiger partial charge in [0, 0.05) is 20.1 Å². The number of amides is 2. The lowest BCUT2D eigenvalue weighted by Gasteiger charge is -2.05. The van der Waals surface area contributed by atoms with Crippen LogP contribution in [-0.2, 0) is 16.0 Å². The predicted molar refractivity (Wildman–Crippen MR) is 65.3 cm³/mol. The van der Waals surface area contributed by atoms with E-state index in [0.29, 0.717) is 13.2 Å². The Morgan fingerprint density at radius 3 is 2.72 bits per heavy atom. The Bertz CT molecular complexity index is 401. The third-order valence-corrected chi connectivity index (χ3v) is 2.27. The summed E-state index contributed by atoms with van der Waals surface area (Å²) in [6.45, 7) is 2.72. The summed E-state index contributed by atoms with van der Waals surface area (Å²) in [5.74, 6) is 0.306. The highest BCUT2D eigenvalue weighted by Gasteiger charge is 2.11. The summed E-state index contributed by atoms with van der Waals surface area (Å²) >= 11 is 0. The summed E-state index contributed by atoms with van der Waals surface area (Å²) in [7, 11) is 1.55. The van der Waals surface area contributed by atoms with E-state index in [9.17, 15) is 9.59 Å². The molecule has 0 aliphatic carbocycles. The van der Waals surface area contributed by atoms with Gasteiger partial charge in [-0.3, -0.25) is 9.59 Å². The van der Waals surface area contributed by atoms with Crippen molar-refractivity contribution in [3.63, 3.8) is 0 Å². The van der Waals surface area contributed by atoms with Crippen LogP contribution in [0.3, 0.4) is 0 Å². The zero-order valence-electron chi connectivity index (χ0n) is 10.6. The van der Waals surface area contributed by atoms with E-state index in [1.807, 2.05) is 6.92 Å². The Hall–Kier alpha value is -1.82. The molecule has 0 radical (unpaired) electrons. The molecule has 1 heterocycles. The fraction of sp³-hybridized carbons (Fsp3) is 0.500. The highest BCUT2D eigenvalue weighted by atomic mass is 16.5. The van der Waals surface area contributed by atoms with Gasteiger partial charge >= 0.3 is 0 Å². The third-order valence-electron chi connectivity index (χ3n) is 2.27. The van der Waals surface area contributed by atoms with Crippen molar-refractivity contribution < 1.29 is 18.7 Å². The van der Waals surface area contributed by atoms with Gasteiger partial charge in [0.1, 0.15) is 5.76 Å². The number of hydrogen-bond donors (Lipinski definition) is 2. The van der Waals surface area contributed by atoms with E-state index in [2.05, 4.69) is 10.6 Å². The van der Waals surface area contributed by atoms with Crippen molar-refractivity contribution in [3.8, 4) is 0 Å². The van der Waals surface area contributed by atoms with Crippen LogP contribution in [-0.4, -0.2) is 38.6 Å². The Labute approximate surface area is 106 Å². The van der Waals surface area contributed by atoms with Crippen molar-refractivity contribution in [3.05, 3.63) is 23.7 Å². The van der Waals surface area contributed by atoms with E-state index in [4.69, 9.17) is 9.15 Å². The van der Waals surface area contributed by atoms with Crippen LogP contribution in [0.25, 0.3) is 0 Å². The van der Waals surface area contributed by atoms with Gasteiger partial charge in [0.25, 0.3) is 5.91 Å². The number of ether oxygens (including phenoxy) is 1. The molecule has 0 spiro atoms. The highest BCUT2D eigenvalue weighted by molar-refractivity contribution is 5.94. The van der Waals surface area contributed by atoms with E-state index in [0.717, 1.165) is 12.2 Å². The third kappa shape index (κ3) is 4.58. The number of rotatable bonds is 7. The molecule has 0 saturated heterocycles. The average molecular weight is 254 g/mol. The number of methoxy groups -OCH3 is 1. The lowest BCUT2D eigenvalue weighted by molar-refractivity contribution is -0.120. The van der Waals surface area contributed by atoms with Gasteiger partial charge in [-0.2, -0.15) is 0 Å². The number of carbonyl (C=O) groups is 2. The summed E-state index contributed by atoms with van der Waals surface area (Å²) in [5.41, 5.74) is 0. The van der Waals surface area contributed by atoms with Crippen LogP contribution in [0.1, 0.15) is 23.2 Å². The quantitative estimate of drug-likeness (QED) is 0.687. The first-order valence-corrected chi connectivity index (χ1v) is 5.80. The van der Waals surface area contributed by atoms with Crippen LogP contribution >= 0.6 is 0 Å². The van der Waals surface area contributed by atoms with Crippen molar-refractivity contribution in [1.82, 2.24) is 10.6 Å². The summed E-state index contributed by atoms with van der Waals surface area (Å²) in [6.07, 6.45) is 0.727. The number of hydrogen-bond acceptors (Lipinski definition) is 4. The van der Waals surface area contributed by atoms with Crippen molar-refractivity contribution in [1.29, 1.82) is 0 Å². The smallest absolute Gasteiger partial charge is 0.287 e. The molecule has 1 rings (SSSR count). The Morgan fingerprint density at radius 2 is 2.11 bits per heavy atom. The molecule has 0 aliphatic rings. The maximum absolute atomic E-state index is 11.6. The van der Waals surface area contributed by atoms with Gasteiger partial charge in [-0.25, -0.2) is 0 Å². The van der Waals surface area contributed by atoms with E-state index in [-0.39, 0.29) is 18.2 Å². The normalized spacial score (nSPS) is 10.1. The largest absolute Gasteiger partial charge is 0.456 e. The summed E-state index contributed by atoms with van der Waals surface area (Å²) in [4.78, 5) is 22.9. The lowest BCUT2D eigenvalue weighted by atomic mass is 10.3. The maximum atomic E-state index is 11.6. The monoisotopic (exact) mass is 254 g/mol. The minimum absolute atomic E-state index is 0.0787. The van der Waals surface area contributed by atoms with Gasteiger partial charge < -0.3 is 19.8 Å². The van der Waals surface area contributed by atoms with Crippen LogP contribution in [0.4, 0.5) is 0 Å². The molecule has 0 bridgehead atoms. The molecule has 100 valence electrons. The second-order valence-corrected chi connectivity index (χ2v) is 3.64. The van der Waals surface area contributed by atoms with Crippen LogP contribution < -0.4 is 10.6 Å². The molecule has 1 aromatic heterocycles. The van der Waals surface area contributed by atoms with Gasteiger partial charge in [-0.15, -0.1) is 0 Å². The molecule has 6 heteroatoms. The molecule has 6 nitrogen and oxygen atoms in total. The van der Waals surface area contributed by atoms with E-state index in [1.54, 1.807) is 19.2 Å². The summed E-state index contributed by atoms with van der Waals surface area (Å²) in [6, 6.07) is 3.34. The maximum Gasteiger partial charge on any atom is 0.287 e. The van der Waals surface area contributed by atoms with Gasteiger partial charge in [0.15, 0.2) is 5.76 Å². The van der Waals surface area contributed by atoms with Crippen LogP contribution in [0, 0.1) is 0 Å². The van der Waals surface area contributed by atoms with E-state index < -0.39 is 5.91 Å². The van der Waals surface area contributed by atoms with E-state index >= 15 is 0 Å². The minimum atomic E-state index is -0.392. The average Bonchev–Trinajstić information content (AvgIpc) is 2.85. The molecule has 0 aliphatic heterocycles. The zero-order valence-corrected chi connectivity index (χ0v) is 10.6. The van der Waals surface area contributed by atoms with Crippen LogP contribution in [0.2, 0.25) is 0 Å². The minimum Gasteiger partial charge on any atom is -0.456 e. The molecule has 2 N–H and O–H groups in total. The van der Waals surface area contributed by atoms with Gasteiger partial charge in [0.2, 0.25) is 5.91 Å². The summed E-state index contributed by atoms with van der Waals surface area (Å²) < 4.78 is 10.0. The van der Waals surface area contributed by atoms with Crippen molar-refractivity contribution in [2.45, 2.75) is 13.3 Å². The first kappa shape index (κ1) is 14.2. The Balaban J connectivity index is 2.30. The topological polar surface area (TPSA) is 80.6 Å². The van der Waals surface area contributed by atoms with Gasteiger partial charge in [-0.05, 0) is 12.1 Å². The predicted octanol–water partition coefficient (Wildman–Crippen LogP) is 0.334. The standard InChI is InChI=1S/C12H18N2O4/c1-3-9-4-5-10(18-9)12(16)14-8-11(15)13-6-7-17-2/h4-5H,3,6-8H2,1-2H3,(H,13,15)(H,14,16).